The van der Waals surface area contributed by atoms with Crippen LogP contribution in [0.2, 0.25) is 10.0 Å². The fraction of sp³-hybridized carbons (Fsp3) is 0.265. The maximum atomic E-state index is 16.2. The van der Waals surface area contributed by atoms with Crippen LogP contribution < -0.4 is 14.8 Å². The average Bonchev–Trinajstić information content (AvgIpc) is 3.70. The van der Waals surface area contributed by atoms with Crippen molar-refractivity contribution in [1.29, 1.82) is 0 Å². The third-order valence-corrected chi connectivity index (χ3v) is 9.04. The van der Waals surface area contributed by atoms with E-state index in [0.29, 0.717) is 10.9 Å². The Morgan fingerprint density at radius 3 is 2.53 bits per heavy atom. The summed E-state index contributed by atoms with van der Waals surface area (Å²) in [6.45, 7) is 1.92. The fourth-order valence-corrected chi connectivity index (χ4v) is 6.24. The minimum atomic E-state index is -4.03. The molecule has 2 aliphatic rings. The first-order valence-corrected chi connectivity index (χ1v) is 15.8. The van der Waals surface area contributed by atoms with Gasteiger partial charge in [-0.1, -0.05) is 35.3 Å². The van der Waals surface area contributed by atoms with Crippen molar-refractivity contribution in [2.45, 2.75) is 50.2 Å². The van der Waals surface area contributed by atoms with Gasteiger partial charge in [0.05, 0.1) is 33.9 Å². The van der Waals surface area contributed by atoms with Crippen LogP contribution in [0.4, 0.5) is 17.6 Å². The quantitative estimate of drug-likeness (QED) is 0.145. The SMILES string of the molecule is CC(C)(O)c1cc([C@@](O)(CNC(=O)c2cc(Cl)c3nn(C4CC4)cc3c2)c2cccc(F)c2)nc(-c2ccc3c(c2Cl)OC(F)(F)O3)c1F. The predicted octanol–water partition coefficient (Wildman–Crippen LogP) is 7.23. The van der Waals surface area contributed by atoms with Gasteiger partial charge >= 0.3 is 6.29 Å². The number of nitrogens with one attached hydrogen (secondary N) is 1. The van der Waals surface area contributed by atoms with E-state index < -0.39 is 63.8 Å². The van der Waals surface area contributed by atoms with Crippen LogP contribution in [0, 0.1) is 11.6 Å². The number of benzene rings is 3. The molecular formula is C34H26Cl2F4N4O5. The number of nitrogens with zero attached hydrogens (tertiary/aromatic N) is 3. The van der Waals surface area contributed by atoms with E-state index in [1.807, 2.05) is 0 Å². The zero-order chi connectivity index (χ0) is 35.0. The Balaban J connectivity index is 1.32. The molecule has 0 radical (unpaired) electrons. The molecular weight excluding hydrogens is 691 g/mol. The summed E-state index contributed by atoms with van der Waals surface area (Å²) in [7, 11) is 0. The second-order valence-corrected chi connectivity index (χ2v) is 13.3. The van der Waals surface area contributed by atoms with Crippen LogP contribution >= 0.6 is 23.2 Å². The molecule has 5 aromatic rings. The van der Waals surface area contributed by atoms with Gasteiger partial charge in [0.1, 0.15) is 22.6 Å². The number of halogens is 6. The highest BCUT2D eigenvalue weighted by Gasteiger charge is 2.45. The van der Waals surface area contributed by atoms with Crippen LogP contribution in [0.15, 0.2) is 60.8 Å². The van der Waals surface area contributed by atoms with Crippen molar-refractivity contribution in [2.75, 3.05) is 6.54 Å². The van der Waals surface area contributed by atoms with Crippen molar-refractivity contribution in [3.05, 3.63) is 105 Å². The Bertz CT molecular complexity index is 2170. The number of rotatable bonds is 8. The van der Waals surface area contributed by atoms with Gasteiger partial charge in [0.25, 0.3) is 5.91 Å². The molecule has 1 aliphatic carbocycles. The molecule has 3 N–H and O–H groups in total. The molecule has 2 aromatic heterocycles. The van der Waals surface area contributed by atoms with Gasteiger partial charge < -0.3 is 25.0 Å². The van der Waals surface area contributed by atoms with Gasteiger partial charge in [-0.3, -0.25) is 9.48 Å². The van der Waals surface area contributed by atoms with E-state index in [-0.39, 0.29) is 39.0 Å². The lowest BCUT2D eigenvalue weighted by molar-refractivity contribution is -0.286. The first kappa shape index (κ1) is 33.1. The maximum absolute atomic E-state index is 16.2. The molecule has 3 heterocycles. The summed E-state index contributed by atoms with van der Waals surface area (Å²) in [6, 6.07) is 11.4. The molecule has 0 saturated heterocycles. The number of aromatic nitrogens is 3. The van der Waals surface area contributed by atoms with Gasteiger partial charge in [0, 0.05) is 28.3 Å². The van der Waals surface area contributed by atoms with Gasteiger partial charge in [0.15, 0.2) is 17.3 Å². The van der Waals surface area contributed by atoms with Gasteiger partial charge in [0.2, 0.25) is 0 Å². The van der Waals surface area contributed by atoms with E-state index in [4.69, 9.17) is 23.2 Å². The minimum absolute atomic E-state index is 0.0878. The van der Waals surface area contributed by atoms with Crippen LogP contribution in [0.1, 0.15) is 59.9 Å². The molecule has 49 heavy (non-hydrogen) atoms. The summed E-state index contributed by atoms with van der Waals surface area (Å²) >= 11 is 12.9. The topological polar surface area (TPSA) is 119 Å². The van der Waals surface area contributed by atoms with Crippen molar-refractivity contribution in [3.8, 4) is 22.8 Å². The van der Waals surface area contributed by atoms with Crippen LogP contribution in [0.25, 0.3) is 22.2 Å². The third-order valence-electron chi connectivity index (χ3n) is 8.38. The first-order valence-electron chi connectivity index (χ1n) is 15.0. The molecule has 15 heteroatoms. The molecule has 1 aliphatic heterocycles. The molecule has 1 atom stereocenters. The molecule has 0 unspecified atom stereocenters. The summed E-state index contributed by atoms with van der Waals surface area (Å²) in [5, 5.41) is 30.9. The van der Waals surface area contributed by atoms with E-state index in [2.05, 4.69) is 24.9 Å². The zero-order valence-corrected chi connectivity index (χ0v) is 27.2. The van der Waals surface area contributed by atoms with Crippen molar-refractivity contribution in [2.24, 2.45) is 0 Å². The number of ether oxygens (including phenoxy) is 2. The molecule has 7 rings (SSSR count). The highest BCUT2D eigenvalue weighted by Crippen LogP contribution is 2.50. The van der Waals surface area contributed by atoms with Crippen molar-refractivity contribution in [3.63, 3.8) is 0 Å². The number of fused-ring (bicyclic) bond motifs is 2. The number of hydrogen-bond donors (Lipinski definition) is 3. The standard InChI is InChI=1S/C34H26Cl2F4N4O5/c1-32(2,46)22-13-25(42-29(27(22)38)21-8-9-24-30(26(21)36)49-34(39,40)48-24)33(47,18-4-3-5-19(37)12-18)15-41-31(45)16-10-17-14-44(20-6-7-20)43-28(17)23(35)11-16/h3-5,8-14,20,46-47H,6-7,15H2,1-2H3,(H,41,45)/t33-/m1/s1. The summed E-state index contributed by atoms with van der Waals surface area (Å²) in [5.41, 5.74) is -5.20. The normalized spacial score (nSPS) is 16.5. The number of hydrogen-bond acceptors (Lipinski definition) is 7. The molecule has 254 valence electrons. The number of alkyl halides is 2. The highest BCUT2D eigenvalue weighted by molar-refractivity contribution is 6.35. The summed E-state index contributed by atoms with van der Waals surface area (Å²) in [5.74, 6) is -3.48. The fourth-order valence-electron chi connectivity index (χ4n) is 5.69. The lowest BCUT2D eigenvalue weighted by Crippen LogP contribution is -2.43. The van der Waals surface area contributed by atoms with Crippen LogP contribution in [0.5, 0.6) is 11.5 Å². The second-order valence-electron chi connectivity index (χ2n) is 12.5. The monoisotopic (exact) mass is 716 g/mol. The maximum Gasteiger partial charge on any atom is 0.586 e. The van der Waals surface area contributed by atoms with Crippen molar-refractivity contribution < 1.29 is 42.0 Å². The van der Waals surface area contributed by atoms with E-state index in [9.17, 15) is 28.2 Å². The van der Waals surface area contributed by atoms with Gasteiger partial charge in [-0.2, -0.15) is 5.10 Å². The van der Waals surface area contributed by atoms with Gasteiger partial charge in [-0.25, -0.2) is 13.8 Å². The summed E-state index contributed by atoms with van der Waals surface area (Å²) in [6.07, 6.45) is -0.256. The number of pyridine rings is 1. The Morgan fingerprint density at radius 1 is 1.08 bits per heavy atom. The Kier molecular flexibility index (Phi) is 7.82. The van der Waals surface area contributed by atoms with Crippen LogP contribution in [-0.4, -0.2) is 43.7 Å². The Hall–Kier alpha value is -4.43. The number of aliphatic hydroxyl groups is 2. The number of amides is 1. The minimum Gasteiger partial charge on any atom is -0.395 e. The first-order chi connectivity index (χ1) is 23.0. The lowest BCUT2D eigenvalue weighted by Gasteiger charge is -2.31. The smallest absolute Gasteiger partial charge is 0.395 e. The molecule has 1 amide bonds. The zero-order valence-electron chi connectivity index (χ0n) is 25.7. The van der Waals surface area contributed by atoms with Crippen LogP contribution in [0.3, 0.4) is 0 Å². The van der Waals surface area contributed by atoms with E-state index >= 15 is 4.39 Å². The summed E-state index contributed by atoms with van der Waals surface area (Å²) < 4.78 is 69.3. The van der Waals surface area contributed by atoms with E-state index in [1.165, 1.54) is 32.0 Å². The van der Waals surface area contributed by atoms with Gasteiger partial charge in [-0.15, -0.1) is 8.78 Å². The number of carbonyl (C=O) groups excluding carboxylic acids is 1. The van der Waals surface area contributed by atoms with E-state index in [0.717, 1.165) is 43.2 Å². The van der Waals surface area contributed by atoms with E-state index in [1.54, 1.807) is 16.9 Å². The Morgan fingerprint density at radius 2 is 1.84 bits per heavy atom. The Labute approximate surface area is 286 Å². The molecule has 9 nitrogen and oxygen atoms in total. The molecule has 0 spiro atoms. The average molecular weight is 718 g/mol. The lowest BCUT2D eigenvalue weighted by atomic mass is 9.86. The van der Waals surface area contributed by atoms with Crippen molar-refractivity contribution >= 4 is 40.0 Å². The molecule has 1 saturated carbocycles. The van der Waals surface area contributed by atoms with Crippen LogP contribution in [-0.2, 0) is 11.2 Å². The highest BCUT2D eigenvalue weighted by atomic mass is 35.5. The second kappa shape index (κ2) is 11.6. The largest absolute Gasteiger partial charge is 0.586 e. The molecule has 0 bridgehead atoms. The predicted molar refractivity (Wildman–Crippen MR) is 171 cm³/mol. The molecule has 3 aromatic carbocycles. The number of carbonyl (C=O) groups is 1. The third kappa shape index (κ3) is 6.05. The van der Waals surface area contributed by atoms with Crippen molar-refractivity contribution in [1.82, 2.24) is 20.1 Å². The summed E-state index contributed by atoms with van der Waals surface area (Å²) in [4.78, 5) is 17.9. The van der Waals surface area contributed by atoms with Gasteiger partial charge in [-0.05, 0) is 74.7 Å². The molecule has 1 fully saturated rings.